The number of hydrogen-bond donors (Lipinski definition) is 2. The van der Waals surface area contributed by atoms with Gasteiger partial charge in [0.15, 0.2) is 5.16 Å². The minimum Gasteiger partial charge on any atom is -0.325 e. The first-order chi connectivity index (χ1) is 15.5. The summed E-state index contributed by atoms with van der Waals surface area (Å²) in [6.45, 7) is 0.376. The molecule has 12 heteroatoms. The summed E-state index contributed by atoms with van der Waals surface area (Å²) in [5.74, 6) is -0.732. The molecule has 0 spiro atoms. The highest BCUT2D eigenvalue weighted by molar-refractivity contribution is 7.99. The third-order valence-electron chi connectivity index (χ3n) is 4.59. The van der Waals surface area contributed by atoms with Crippen LogP contribution >= 0.6 is 11.8 Å². The summed E-state index contributed by atoms with van der Waals surface area (Å²) in [4.78, 5) is 16.5. The number of nitrogens with zero attached hydrogens (tertiary/aromatic N) is 2. The summed E-state index contributed by atoms with van der Waals surface area (Å²) >= 11 is 0.857. The summed E-state index contributed by atoms with van der Waals surface area (Å²) in [5.41, 5.74) is 1.61. The van der Waals surface area contributed by atoms with Crippen molar-refractivity contribution in [3.05, 3.63) is 60.3 Å². The van der Waals surface area contributed by atoms with E-state index in [0.717, 1.165) is 16.3 Å². The molecule has 176 valence electrons. The molecule has 0 saturated heterocycles. The van der Waals surface area contributed by atoms with Gasteiger partial charge in [-0.3, -0.25) is 4.79 Å². The van der Waals surface area contributed by atoms with Crippen LogP contribution in [0.15, 0.2) is 64.8 Å². The lowest BCUT2D eigenvalue weighted by molar-refractivity contribution is -0.141. The highest BCUT2D eigenvalue weighted by atomic mass is 32.2. The van der Waals surface area contributed by atoms with E-state index in [0.29, 0.717) is 11.1 Å². The van der Waals surface area contributed by atoms with Crippen LogP contribution in [-0.2, 0) is 21.4 Å². The quantitative estimate of drug-likeness (QED) is 0.457. The Kier molecular flexibility index (Phi) is 7.50. The molecular formula is C21H21F3N4O3S2. The smallest absolute Gasteiger partial charge is 0.325 e. The number of carbonyl (C=O) groups is 1. The van der Waals surface area contributed by atoms with Gasteiger partial charge in [-0.15, -0.1) is 0 Å². The van der Waals surface area contributed by atoms with Gasteiger partial charge < -0.3 is 9.88 Å². The monoisotopic (exact) mass is 498 g/mol. The van der Waals surface area contributed by atoms with Gasteiger partial charge in [0.05, 0.1) is 22.5 Å². The maximum atomic E-state index is 13.2. The second-order valence-corrected chi connectivity index (χ2v) is 9.82. The zero-order valence-electron chi connectivity index (χ0n) is 17.7. The molecule has 0 aliphatic carbocycles. The summed E-state index contributed by atoms with van der Waals surface area (Å²) in [6.07, 6.45) is -3.13. The molecule has 2 aromatic carbocycles. The topological polar surface area (TPSA) is 93.1 Å². The number of sulfonamides is 1. The molecular weight excluding hydrogens is 477 g/mol. The van der Waals surface area contributed by atoms with E-state index in [4.69, 9.17) is 0 Å². The maximum Gasteiger partial charge on any atom is 0.406 e. The second kappa shape index (κ2) is 9.98. The zero-order valence-corrected chi connectivity index (χ0v) is 19.3. The molecule has 1 amide bonds. The van der Waals surface area contributed by atoms with E-state index in [-0.39, 0.29) is 27.2 Å². The van der Waals surface area contributed by atoms with E-state index < -0.39 is 28.7 Å². The summed E-state index contributed by atoms with van der Waals surface area (Å²) in [6, 6.07) is 13.0. The molecule has 3 rings (SSSR count). The van der Waals surface area contributed by atoms with Gasteiger partial charge >= 0.3 is 6.18 Å². The lowest BCUT2D eigenvalue weighted by Gasteiger charge is -2.14. The SMILES string of the molecule is CNS(=O)(=O)c1cc(NC(=O)CSc2ncc(-c3ccccc3)n2CC(F)(F)F)ccc1C. The number of amides is 1. The molecule has 7 nitrogen and oxygen atoms in total. The van der Waals surface area contributed by atoms with E-state index in [1.165, 1.54) is 19.3 Å². The van der Waals surface area contributed by atoms with Crippen LogP contribution in [0.2, 0.25) is 0 Å². The van der Waals surface area contributed by atoms with Crippen molar-refractivity contribution >= 4 is 33.4 Å². The number of benzene rings is 2. The molecule has 1 heterocycles. The van der Waals surface area contributed by atoms with Crippen LogP contribution in [0.5, 0.6) is 0 Å². The molecule has 3 aromatic rings. The molecule has 1 aromatic heterocycles. The number of aromatic nitrogens is 2. The summed E-state index contributed by atoms with van der Waals surface area (Å²) in [5, 5.41) is 2.62. The van der Waals surface area contributed by atoms with E-state index in [1.807, 2.05) is 0 Å². The van der Waals surface area contributed by atoms with Crippen LogP contribution < -0.4 is 10.0 Å². The molecule has 0 radical (unpaired) electrons. The van der Waals surface area contributed by atoms with Crippen molar-refractivity contribution in [3.8, 4) is 11.3 Å². The number of imidazole rings is 1. The van der Waals surface area contributed by atoms with E-state index in [1.54, 1.807) is 49.4 Å². The Morgan fingerprint density at radius 1 is 1.15 bits per heavy atom. The summed E-state index contributed by atoms with van der Waals surface area (Å²) in [7, 11) is -2.43. The van der Waals surface area contributed by atoms with E-state index in [9.17, 15) is 26.4 Å². The number of nitrogens with one attached hydrogen (secondary N) is 2. The predicted molar refractivity (Wildman–Crippen MR) is 120 cm³/mol. The average molecular weight is 499 g/mol. The van der Waals surface area contributed by atoms with E-state index in [2.05, 4.69) is 15.0 Å². The van der Waals surface area contributed by atoms with E-state index >= 15 is 0 Å². The molecule has 2 N–H and O–H groups in total. The van der Waals surface area contributed by atoms with Crippen LogP contribution in [0.3, 0.4) is 0 Å². The maximum absolute atomic E-state index is 13.2. The van der Waals surface area contributed by atoms with Crippen LogP contribution in [0, 0.1) is 6.92 Å². The number of halogens is 3. The van der Waals surface area contributed by atoms with Crippen LogP contribution in [0.4, 0.5) is 18.9 Å². The minimum atomic E-state index is -4.47. The Hall–Kier alpha value is -2.83. The lowest BCUT2D eigenvalue weighted by Crippen LogP contribution is -2.21. The molecule has 33 heavy (non-hydrogen) atoms. The van der Waals surface area contributed by atoms with Gasteiger partial charge in [-0.1, -0.05) is 48.2 Å². The van der Waals surface area contributed by atoms with Gasteiger partial charge in [0, 0.05) is 5.69 Å². The molecule has 0 aliphatic rings. The van der Waals surface area contributed by atoms with Gasteiger partial charge in [0.2, 0.25) is 15.9 Å². The molecule has 0 fully saturated rings. The average Bonchev–Trinajstić information content (AvgIpc) is 3.14. The fourth-order valence-corrected chi connectivity index (χ4v) is 4.82. The number of rotatable bonds is 8. The van der Waals surface area contributed by atoms with Gasteiger partial charge in [-0.25, -0.2) is 18.1 Å². The molecule has 0 unspecified atom stereocenters. The Labute approximate surface area is 193 Å². The first kappa shape index (κ1) is 24.8. The normalized spacial score (nSPS) is 12.0. The highest BCUT2D eigenvalue weighted by Gasteiger charge is 2.31. The van der Waals surface area contributed by atoms with Crippen molar-refractivity contribution < 1.29 is 26.4 Å². The van der Waals surface area contributed by atoms with Crippen LogP contribution in [0.25, 0.3) is 11.3 Å². The van der Waals surface area contributed by atoms with Gasteiger partial charge in [0.1, 0.15) is 6.54 Å². The molecule has 0 saturated carbocycles. The fourth-order valence-electron chi connectivity index (χ4n) is 3.05. The number of alkyl halides is 3. The fraction of sp³-hybridized carbons (Fsp3) is 0.238. The zero-order chi connectivity index (χ0) is 24.2. The standard InChI is InChI=1S/C21H21F3N4O3S2/c1-14-8-9-16(10-18(14)33(30,31)25-2)27-19(29)12-32-20-26-11-17(15-6-4-3-5-7-15)28(20)13-21(22,23)24/h3-11,25H,12-13H2,1-2H3,(H,27,29). The molecule has 0 bridgehead atoms. The minimum absolute atomic E-state index is 0.0173. The number of anilines is 1. The van der Waals surface area contributed by atoms with Crippen molar-refractivity contribution in [1.29, 1.82) is 0 Å². The number of thioether (sulfide) groups is 1. The lowest BCUT2D eigenvalue weighted by atomic mass is 10.2. The van der Waals surface area contributed by atoms with Crippen molar-refractivity contribution in [3.63, 3.8) is 0 Å². The van der Waals surface area contributed by atoms with Crippen LogP contribution in [-0.4, -0.2) is 42.9 Å². The second-order valence-electron chi connectivity index (χ2n) is 7.02. The Morgan fingerprint density at radius 3 is 2.48 bits per heavy atom. The van der Waals surface area contributed by atoms with Gasteiger partial charge in [0.25, 0.3) is 0 Å². The first-order valence-electron chi connectivity index (χ1n) is 9.65. The predicted octanol–water partition coefficient (Wildman–Crippen LogP) is 4.06. The van der Waals surface area contributed by atoms with Crippen molar-refractivity contribution in [2.75, 3.05) is 18.1 Å². The Bertz CT molecular complexity index is 1240. The van der Waals surface area contributed by atoms with Crippen LogP contribution in [0.1, 0.15) is 5.56 Å². The highest BCUT2D eigenvalue weighted by Crippen LogP contribution is 2.30. The number of hydrogen-bond acceptors (Lipinski definition) is 5. The van der Waals surface area contributed by atoms with Gasteiger partial charge in [-0.2, -0.15) is 13.2 Å². The largest absolute Gasteiger partial charge is 0.406 e. The Balaban J connectivity index is 1.77. The first-order valence-corrected chi connectivity index (χ1v) is 12.1. The molecule has 0 aliphatic heterocycles. The third kappa shape index (κ3) is 6.36. The Morgan fingerprint density at radius 2 is 1.85 bits per heavy atom. The summed E-state index contributed by atoms with van der Waals surface area (Å²) < 4.78 is 67.0. The third-order valence-corrected chi connectivity index (χ3v) is 7.14. The van der Waals surface area contributed by atoms with Crippen molar-refractivity contribution in [2.45, 2.75) is 29.7 Å². The van der Waals surface area contributed by atoms with Crippen molar-refractivity contribution in [1.82, 2.24) is 14.3 Å². The number of aryl methyl sites for hydroxylation is 1. The number of carbonyl (C=O) groups excluding carboxylic acids is 1. The van der Waals surface area contributed by atoms with Crippen molar-refractivity contribution in [2.24, 2.45) is 0 Å². The van der Waals surface area contributed by atoms with Gasteiger partial charge in [-0.05, 0) is 37.2 Å². The molecule has 0 atom stereocenters.